The van der Waals surface area contributed by atoms with Gasteiger partial charge in [0.05, 0.1) is 12.7 Å². The lowest BCUT2D eigenvalue weighted by Crippen LogP contribution is -2.44. The highest BCUT2D eigenvalue weighted by Crippen LogP contribution is 2.33. The molecule has 0 radical (unpaired) electrons. The summed E-state index contributed by atoms with van der Waals surface area (Å²) in [6.07, 6.45) is 11.0. The maximum Gasteiger partial charge on any atom is 0.168 e. The van der Waals surface area contributed by atoms with Crippen LogP contribution in [0.2, 0.25) is 0 Å². The van der Waals surface area contributed by atoms with Crippen LogP contribution in [0.25, 0.3) is 0 Å². The molecule has 0 amide bonds. The Balaban J connectivity index is 2.43. The third-order valence-corrected chi connectivity index (χ3v) is 3.58. The molecule has 0 spiro atoms. The van der Waals surface area contributed by atoms with Crippen molar-refractivity contribution < 1.29 is 9.47 Å². The number of unbranched alkanes of at least 4 members (excludes halogenated alkanes) is 2. The molecule has 0 saturated carbocycles. The fourth-order valence-corrected chi connectivity index (χ4v) is 2.75. The zero-order valence-electron chi connectivity index (χ0n) is 12.0. The fourth-order valence-electron chi connectivity index (χ4n) is 2.75. The second kappa shape index (κ2) is 8.10. The van der Waals surface area contributed by atoms with Crippen molar-refractivity contribution in [2.24, 2.45) is 0 Å². The fraction of sp³-hybridized carbons (Fsp3) is 1.00. The monoisotopic (exact) mass is 242 g/mol. The lowest BCUT2D eigenvalue weighted by atomic mass is 10.0. The molecule has 0 bridgehead atoms. The molecule has 0 aromatic carbocycles. The first-order valence-corrected chi connectivity index (χ1v) is 7.58. The summed E-state index contributed by atoms with van der Waals surface area (Å²) < 4.78 is 12.2. The van der Waals surface area contributed by atoms with E-state index < -0.39 is 0 Å². The molecule has 102 valence electrons. The molecule has 1 unspecified atom stereocenters. The van der Waals surface area contributed by atoms with Crippen LogP contribution in [0, 0.1) is 0 Å². The normalized spacial score (nSPS) is 23.8. The van der Waals surface area contributed by atoms with E-state index in [1.807, 2.05) is 0 Å². The lowest BCUT2D eigenvalue weighted by molar-refractivity contribution is -0.300. The molecule has 1 aliphatic rings. The average molecular weight is 242 g/mol. The molecule has 1 aliphatic heterocycles. The van der Waals surface area contributed by atoms with E-state index in [9.17, 15) is 0 Å². The molecule has 0 aromatic rings. The first kappa shape index (κ1) is 15.0. The predicted molar refractivity (Wildman–Crippen MR) is 72.1 cm³/mol. The minimum absolute atomic E-state index is 0.251. The van der Waals surface area contributed by atoms with E-state index >= 15 is 0 Å². The van der Waals surface area contributed by atoms with Crippen molar-refractivity contribution in [2.75, 3.05) is 6.61 Å². The van der Waals surface area contributed by atoms with Crippen molar-refractivity contribution in [3.8, 4) is 0 Å². The Kier molecular flexibility index (Phi) is 7.14. The van der Waals surface area contributed by atoms with E-state index in [0.717, 1.165) is 38.7 Å². The van der Waals surface area contributed by atoms with Crippen LogP contribution in [0.4, 0.5) is 0 Å². The lowest BCUT2D eigenvalue weighted by Gasteiger charge is -2.41. The summed E-state index contributed by atoms with van der Waals surface area (Å²) in [6, 6.07) is 0. The average Bonchev–Trinajstić information content (AvgIpc) is 2.30. The summed E-state index contributed by atoms with van der Waals surface area (Å²) in [5.74, 6) is -0.251. The highest BCUT2D eigenvalue weighted by molar-refractivity contribution is 4.76. The minimum atomic E-state index is -0.251. The summed E-state index contributed by atoms with van der Waals surface area (Å²) >= 11 is 0. The minimum Gasteiger partial charge on any atom is -0.350 e. The first-order chi connectivity index (χ1) is 8.26. The summed E-state index contributed by atoms with van der Waals surface area (Å²) in [5.41, 5.74) is 0. The van der Waals surface area contributed by atoms with Crippen LogP contribution in [-0.4, -0.2) is 18.5 Å². The maximum atomic E-state index is 6.28. The van der Waals surface area contributed by atoms with E-state index in [1.54, 1.807) is 0 Å². The van der Waals surface area contributed by atoms with Crippen LogP contribution < -0.4 is 0 Å². The Morgan fingerprint density at radius 3 is 2.29 bits per heavy atom. The van der Waals surface area contributed by atoms with Crippen molar-refractivity contribution >= 4 is 0 Å². The molecular weight excluding hydrogens is 212 g/mol. The summed E-state index contributed by atoms with van der Waals surface area (Å²) in [7, 11) is 0. The molecular formula is C15H30O2. The zero-order valence-corrected chi connectivity index (χ0v) is 12.0. The van der Waals surface area contributed by atoms with Gasteiger partial charge in [0.1, 0.15) is 0 Å². The van der Waals surface area contributed by atoms with Gasteiger partial charge < -0.3 is 9.47 Å². The summed E-state index contributed by atoms with van der Waals surface area (Å²) in [5, 5.41) is 0. The van der Waals surface area contributed by atoms with Gasteiger partial charge in [-0.15, -0.1) is 0 Å². The first-order valence-electron chi connectivity index (χ1n) is 7.58. The zero-order chi connectivity index (χ0) is 12.6. The maximum absolute atomic E-state index is 6.28. The molecule has 0 aromatic heterocycles. The molecule has 0 aliphatic carbocycles. The van der Waals surface area contributed by atoms with Crippen molar-refractivity contribution in [1.29, 1.82) is 0 Å². The topological polar surface area (TPSA) is 18.5 Å². The van der Waals surface area contributed by atoms with Gasteiger partial charge in [-0.2, -0.15) is 0 Å². The van der Waals surface area contributed by atoms with E-state index in [0.29, 0.717) is 6.10 Å². The van der Waals surface area contributed by atoms with E-state index in [-0.39, 0.29) is 5.79 Å². The van der Waals surface area contributed by atoms with Gasteiger partial charge in [0, 0.05) is 12.8 Å². The molecule has 1 saturated heterocycles. The third-order valence-electron chi connectivity index (χ3n) is 3.58. The van der Waals surface area contributed by atoms with Crippen molar-refractivity contribution in [1.82, 2.24) is 0 Å². The molecule has 2 heteroatoms. The SMILES string of the molecule is CCCCCC1CCOC(CCC)(CCC)O1. The molecule has 0 N–H and O–H groups in total. The van der Waals surface area contributed by atoms with Gasteiger partial charge in [0.25, 0.3) is 0 Å². The number of ether oxygens (including phenoxy) is 2. The molecule has 17 heavy (non-hydrogen) atoms. The smallest absolute Gasteiger partial charge is 0.168 e. The number of rotatable bonds is 8. The van der Waals surface area contributed by atoms with Gasteiger partial charge >= 0.3 is 0 Å². The van der Waals surface area contributed by atoms with Crippen LogP contribution in [-0.2, 0) is 9.47 Å². The van der Waals surface area contributed by atoms with Crippen molar-refractivity contribution in [2.45, 2.75) is 90.4 Å². The van der Waals surface area contributed by atoms with Gasteiger partial charge in [-0.1, -0.05) is 52.9 Å². The molecule has 1 rings (SSSR count). The van der Waals surface area contributed by atoms with Crippen LogP contribution in [0.5, 0.6) is 0 Å². The number of hydrogen-bond donors (Lipinski definition) is 0. The van der Waals surface area contributed by atoms with Gasteiger partial charge in [-0.05, 0) is 12.8 Å². The molecule has 2 nitrogen and oxygen atoms in total. The number of hydrogen-bond acceptors (Lipinski definition) is 2. The Hall–Kier alpha value is -0.0800. The van der Waals surface area contributed by atoms with E-state index in [4.69, 9.17) is 9.47 Å². The second-order valence-corrected chi connectivity index (χ2v) is 5.28. The largest absolute Gasteiger partial charge is 0.350 e. The van der Waals surface area contributed by atoms with Crippen LogP contribution >= 0.6 is 0 Å². The Morgan fingerprint density at radius 1 is 1.00 bits per heavy atom. The van der Waals surface area contributed by atoms with E-state index in [1.165, 1.54) is 25.7 Å². The van der Waals surface area contributed by atoms with Gasteiger partial charge in [-0.25, -0.2) is 0 Å². The third kappa shape index (κ3) is 4.97. The second-order valence-electron chi connectivity index (χ2n) is 5.28. The highest BCUT2D eigenvalue weighted by atomic mass is 16.7. The Labute approximate surface area is 107 Å². The predicted octanol–water partition coefficient (Wildman–Crippen LogP) is 4.67. The van der Waals surface area contributed by atoms with E-state index in [2.05, 4.69) is 20.8 Å². The highest BCUT2D eigenvalue weighted by Gasteiger charge is 2.36. The van der Waals surface area contributed by atoms with Gasteiger partial charge in [0.15, 0.2) is 5.79 Å². The quantitative estimate of drug-likeness (QED) is 0.576. The Morgan fingerprint density at radius 2 is 1.71 bits per heavy atom. The van der Waals surface area contributed by atoms with Crippen LogP contribution in [0.1, 0.15) is 78.6 Å². The van der Waals surface area contributed by atoms with Crippen LogP contribution in [0.3, 0.4) is 0 Å². The standard InChI is InChI=1S/C15H30O2/c1-4-7-8-9-14-10-13-16-15(17-14,11-5-2)12-6-3/h14H,4-13H2,1-3H3. The van der Waals surface area contributed by atoms with Gasteiger partial charge in [-0.3, -0.25) is 0 Å². The summed E-state index contributed by atoms with van der Waals surface area (Å²) in [4.78, 5) is 0. The molecule has 1 fully saturated rings. The van der Waals surface area contributed by atoms with Gasteiger partial charge in [0.2, 0.25) is 0 Å². The van der Waals surface area contributed by atoms with Crippen molar-refractivity contribution in [3.05, 3.63) is 0 Å². The van der Waals surface area contributed by atoms with Crippen LogP contribution in [0.15, 0.2) is 0 Å². The Bertz CT molecular complexity index is 180. The van der Waals surface area contributed by atoms with Crippen molar-refractivity contribution in [3.63, 3.8) is 0 Å². The summed E-state index contributed by atoms with van der Waals surface area (Å²) in [6.45, 7) is 7.57. The molecule has 1 heterocycles. The molecule has 1 atom stereocenters.